The molecule has 0 saturated heterocycles. The minimum Gasteiger partial charge on any atom is -0.330 e. The monoisotopic (exact) mass is 566 g/mol. The SMILES string of the molecule is Cc1cc(Cl)cc(C(=O)N(C)NC(=O)N(C)C)c1NC(=O)c1cc(Br)cn1-c1ncccc1Cl. The number of hydrogen-bond donors (Lipinski definition) is 2. The van der Waals surface area contributed by atoms with Crippen molar-refractivity contribution in [3.63, 3.8) is 0 Å². The minimum atomic E-state index is -0.569. The number of carbonyl (C=O) groups excluding carboxylic acids is 3. The Kier molecular flexibility index (Phi) is 7.86. The second-order valence-corrected chi connectivity index (χ2v) is 9.26. The van der Waals surface area contributed by atoms with Crippen molar-refractivity contribution in [3.05, 3.63) is 74.1 Å². The van der Waals surface area contributed by atoms with Gasteiger partial charge in [0, 0.05) is 43.0 Å². The summed E-state index contributed by atoms with van der Waals surface area (Å²) >= 11 is 15.9. The van der Waals surface area contributed by atoms with Crippen molar-refractivity contribution in [1.29, 1.82) is 0 Å². The molecule has 0 bridgehead atoms. The zero-order valence-corrected chi connectivity index (χ0v) is 21.8. The highest BCUT2D eigenvalue weighted by molar-refractivity contribution is 9.10. The summed E-state index contributed by atoms with van der Waals surface area (Å²) in [7, 11) is 4.49. The van der Waals surface area contributed by atoms with E-state index in [0.717, 1.165) is 5.01 Å². The molecule has 0 radical (unpaired) electrons. The van der Waals surface area contributed by atoms with Crippen LogP contribution in [0.3, 0.4) is 0 Å². The number of aromatic nitrogens is 2. The Labute approximate surface area is 214 Å². The van der Waals surface area contributed by atoms with Crippen molar-refractivity contribution >= 4 is 62.7 Å². The van der Waals surface area contributed by atoms with E-state index >= 15 is 0 Å². The molecule has 3 rings (SSSR count). The largest absolute Gasteiger partial charge is 0.335 e. The van der Waals surface area contributed by atoms with Gasteiger partial charge in [0.15, 0.2) is 5.82 Å². The third-order valence-electron chi connectivity index (χ3n) is 4.73. The number of benzene rings is 1. The van der Waals surface area contributed by atoms with E-state index in [9.17, 15) is 14.4 Å². The fourth-order valence-electron chi connectivity index (χ4n) is 3.07. The number of amides is 4. The third kappa shape index (κ3) is 5.52. The van der Waals surface area contributed by atoms with Gasteiger partial charge in [-0.05, 0) is 58.7 Å². The first-order valence-corrected chi connectivity index (χ1v) is 11.4. The Morgan fingerprint density at radius 3 is 2.47 bits per heavy atom. The summed E-state index contributed by atoms with van der Waals surface area (Å²) < 4.78 is 2.17. The van der Waals surface area contributed by atoms with Gasteiger partial charge in [0.05, 0.1) is 16.3 Å². The van der Waals surface area contributed by atoms with E-state index in [-0.39, 0.29) is 16.9 Å². The van der Waals surface area contributed by atoms with Gasteiger partial charge >= 0.3 is 6.03 Å². The maximum Gasteiger partial charge on any atom is 0.335 e. The van der Waals surface area contributed by atoms with Crippen LogP contribution in [0.5, 0.6) is 0 Å². The van der Waals surface area contributed by atoms with Crippen LogP contribution in [0.4, 0.5) is 10.5 Å². The molecule has 12 heteroatoms. The van der Waals surface area contributed by atoms with Gasteiger partial charge < -0.3 is 10.2 Å². The van der Waals surface area contributed by atoms with Crippen molar-refractivity contribution in [1.82, 2.24) is 24.9 Å². The molecule has 0 aliphatic carbocycles. The lowest BCUT2D eigenvalue weighted by atomic mass is 10.1. The molecule has 1 aromatic carbocycles. The van der Waals surface area contributed by atoms with Crippen molar-refractivity contribution in [2.24, 2.45) is 0 Å². The van der Waals surface area contributed by atoms with E-state index in [0.29, 0.717) is 25.9 Å². The van der Waals surface area contributed by atoms with E-state index in [1.165, 1.54) is 22.6 Å². The number of carbonyl (C=O) groups is 3. The molecular formula is C22H21BrCl2N6O3. The average Bonchev–Trinajstić information content (AvgIpc) is 3.16. The first kappa shape index (κ1) is 25.5. The molecule has 34 heavy (non-hydrogen) atoms. The summed E-state index contributed by atoms with van der Waals surface area (Å²) in [6, 6.07) is 7.51. The predicted molar refractivity (Wildman–Crippen MR) is 135 cm³/mol. The highest BCUT2D eigenvalue weighted by Gasteiger charge is 2.24. The summed E-state index contributed by atoms with van der Waals surface area (Å²) in [6.45, 7) is 1.71. The Balaban J connectivity index is 1.99. The number of aryl methyl sites for hydroxylation is 1. The zero-order valence-electron chi connectivity index (χ0n) is 18.7. The maximum atomic E-state index is 13.3. The fraction of sp³-hybridized carbons (Fsp3) is 0.182. The number of nitrogens with one attached hydrogen (secondary N) is 2. The molecule has 2 heterocycles. The van der Waals surface area contributed by atoms with Crippen LogP contribution in [0.15, 0.2) is 47.2 Å². The van der Waals surface area contributed by atoms with Gasteiger partial charge in [-0.1, -0.05) is 23.2 Å². The standard InChI is InChI=1S/C22H21BrCl2N6O3/c1-12-8-14(24)10-15(21(33)30(4)28-22(34)29(2)3)18(12)27-20(32)17-9-13(23)11-31(17)19-16(25)6-5-7-26-19/h5-11H,1-4H3,(H,27,32)(H,28,34). The highest BCUT2D eigenvalue weighted by atomic mass is 79.9. The van der Waals surface area contributed by atoms with E-state index < -0.39 is 17.8 Å². The van der Waals surface area contributed by atoms with Crippen molar-refractivity contribution in [2.45, 2.75) is 6.92 Å². The molecule has 3 aromatic rings. The van der Waals surface area contributed by atoms with Gasteiger partial charge in [-0.15, -0.1) is 0 Å². The maximum absolute atomic E-state index is 13.3. The molecular weight excluding hydrogens is 547 g/mol. The quantitative estimate of drug-likeness (QED) is 0.444. The van der Waals surface area contributed by atoms with Crippen LogP contribution in [0, 0.1) is 6.92 Å². The van der Waals surface area contributed by atoms with Crippen molar-refractivity contribution < 1.29 is 14.4 Å². The molecule has 0 aliphatic heterocycles. The summed E-state index contributed by atoms with van der Waals surface area (Å²) in [5, 5.41) is 4.48. The normalized spacial score (nSPS) is 10.6. The van der Waals surface area contributed by atoms with E-state index in [4.69, 9.17) is 23.2 Å². The number of hydrazine groups is 1. The van der Waals surface area contributed by atoms with Crippen LogP contribution < -0.4 is 10.7 Å². The molecule has 0 spiro atoms. The van der Waals surface area contributed by atoms with E-state index in [1.54, 1.807) is 57.7 Å². The van der Waals surface area contributed by atoms with E-state index in [2.05, 4.69) is 31.7 Å². The summed E-state index contributed by atoms with van der Waals surface area (Å²) in [5.74, 6) is -0.706. The van der Waals surface area contributed by atoms with Crippen LogP contribution in [0.1, 0.15) is 26.4 Å². The molecule has 4 amide bonds. The van der Waals surface area contributed by atoms with E-state index in [1.807, 2.05) is 0 Å². The zero-order chi connectivity index (χ0) is 25.2. The Morgan fingerprint density at radius 2 is 1.82 bits per heavy atom. The van der Waals surface area contributed by atoms with Gasteiger partial charge in [0.1, 0.15) is 5.69 Å². The number of urea groups is 1. The molecule has 2 N–H and O–H groups in total. The molecule has 0 atom stereocenters. The smallest absolute Gasteiger partial charge is 0.330 e. The Hall–Kier alpha value is -3.08. The average molecular weight is 568 g/mol. The number of pyridine rings is 1. The van der Waals surface area contributed by atoms with Crippen LogP contribution in [-0.4, -0.2) is 58.4 Å². The first-order chi connectivity index (χ1) is 16.0. The lowest BCUT2D eigenvalue weighted by Crippen LogP contribution is -2.47. The summed E-state index contributed by atoms with van der Waals surface area (Å²) in [6.07, 6.45) is 3.23. The number of rotatable bonds is 4. The molecule has 0 unspecified atom stereocenters. The minimum absolute atomic E-state index is 0.105. The molecule has 2 aromatic heterocycles. The molecule has 178 valence electrons. The second kappa shape index (κ2) is 10.5. The molecule has 9 nitrogen and oxygen atoms in total. The molecule has 0 saturated carbocycles. The second-order valence-electron chi connectivity index (χ2n) is 7.50. The Morgan fingerprint density at radius 1 is 1.12 bits per heavy atom. The lowest BCUT2D eigenvalue weighted by Gasteiger charge is -2.23. The number of anilines is 1. The van der Waals surface area contributed by atoms with Crippen LogP contribution in [0.25, 0.3) is 5.82 Å². The fourth-order valence-corrected chi connectivity index (χ4v) is 3.97. The van der Waals surface area contributed by atoms with Gasteiger partial charge in [-0.2, -0.15) is 0 Å². The molecule has 0 fully saturated rings. The van der Waals surface area contributed by atoms with Crippen LogP contribution >= 0.6 is 39.1 Å². The van der Waals surface area contributed by atoms with Gasteiger partial charge in [-0.25, -0.2) is 15.2 Å². The van der Waals surface area contributed by atoms with Crippen LogP contribution in [-0.2, 0) is 0 Å². The van der Waals surface area contributed by atoms with Crippen molar-refractivity contribution in [2.75, 3.05) is 26.5 Å². The van der Waals surface area contributed by atoms with Gasteiger partial charge in [0.25, 0.3) is 11.8 Å². The molecule has 0 aliphatic rings. The summed E-state index contributed by atoms with van der Waals surface area (Å²) in [4.78, 5) is 44.0. The topological polar surface area (TPSA) is 99.6 Å². The predicted octanol–water partition coefficient (Wildman–Crippen LogP) is 4.76. The Bertz CT molecular complexity index is 1280. The van der Waals surface area contributed by atoms with Crippen molar-refractivity contribution in [3.8, 4) is 5.82 Å². The number of hydrogen-bond acceptors (Lipinski definition) is 4. The summed E-state index contributed by atoms with van der Waals surface area (Å²) in [5.41, 5.74) is 3.60. The van der Waals surface area contributed by atoms with Gasteiger partial charge in [-0.3, -0.25) is 19.2 Å². The first-order valence-electron chi connectivity index (χ1n) is 9.86. The number of halogens is 3. The van der Waals surface area contributed by atoms with Gasteiger partial charge in [0.2, 0.25) is 0 Å². The number of nitrogens with zero attached hydrogens (tertiary/aromatic N) is 4. The van der Waals surface area contributed by atoms with Crippen LogP contribution in [0.2, 0.25) is 10.0 Å². The highest BCUT2D eigenvalue weighted by Crippen LogP contribution is 2.29. The third-order valence-corrected chi connectivity index (χ3v) is 5.68. The lowest BCUT2D eigenvalue weighted by molar-refractivity contribution is 0.0724.